The van der Waals surface area contributed by atoms with Crippen LogP contribution in [0.1, 0.15) is 34.7 Å². The van der Waals surface area contributed by atoms with Crippen molar-refractivity contribution >= 4 is 23.3 Å². The van der Waals surface area contributed by atoms with Crippen molar-refractivity contribution in [2.24, 2.45) is 5.41 Å². The van der Waals surface area contributed by atoms with E-state index in [9.17, 15) is 4.79 Å². The predicted molar refractivity (Wildman–Crippen MR) is 96.0 cm³/mol. The molecule has 6 heteroatoms. The maximum atomic E-state index is 12.7. The fourth-order valence-electron chi connectivity index (χ4n) is 4.08. The Hall–Kier alpha value is -2.14. The van der Waals surface area contributed by atoms with Crippen LogP contribution >= 0.6 is 11.6 Å². The Labute approximate surface area is 151 Å². The number of carbonyl (C=O) groups is 1. The van der Waals surface area contributed by atoms with Crippen molar-refractivity contribution in [1.29, 1.82) is 0 Å². The first-order valence-corrected chi connectivity index (χ1v) is 9.11. The summed E-state index contributed by atoms with van der Waals surface area (Å²) in [6.45, 7) is 3.43. The van der Waals surface area contributed by atoms with Gasteiger partial charge in [-0.05, 0) is 36.5 Å². The Balaban J connectivity index is 1.22. The number of hydrogen-bond acceptors (Lipinski definition) is 4. The summed E-state index contributed by atoms with van der Waals surface area (Å²) < 4.78 is 0. The number of anilines is 1. The lowest BCUT2D eigenvalue weighted by Gasteiger charge is -2.60. The zero-order valence-electron chi connectivity index (χ0n) is 13.9. The molecule has 0 unspecified atom stereocenters. The van der Waals surface area contributed by atoms with E-state index in [1.54, 1.807) is 6.20 Å². The smallest absolute Gasteiger partial charge is 0.253 e. The number of carbonyl (C=O) groups excluding carboxylic acids is 1. The van der Waals surface area contributed by atoms with Crippen LogP contribution in [-0.4, -0.2) is 47.0 Å². The second-order valence-electron chi connectivity index (χ2n) is 7.61. The molecule has 0 bridgehead atoms. The summed E-state index contributed by atoms with van der Waals surface area (Å²) in [4.78, 5) is 25.0. The average Bonchev–Trinajstić information content (AvgIpc) is 3.38. The van der Waals surface area contributed by atoms with Gasteiger partial charge in [0.15, 0.2) is 5.82 Å². The van der Waals surface area contributed by atoms with Gasteiger partial charge in [0.25, 0.3) is 5.91 Å². The molecule has 2 aliphatic heterocycles. The number of hydrogen-bond donors (Lipinski definition) is 0. The molecule has 2 aromatic rings. The van der Waals surface area contributed by atoms with Crippen LogP contribution in [0.15, 0.2) is 36.8 Å². The van der Waals surface area contributed by atoms with Gasteiger partial charge in [0.2, 0.25) is 0 Å². The number of benzene rings is 1. The largest absolute Gasteiger partial charge is 0.354 e. The summed E-state index contributed by atoms with van der Waals surface area (Å²) in [5.41, 5.74) is 2.35. The molecule has 1 spiro atoms. The van der Waals surface area contributed by atoms with E-state index in [4.69, 9.17) is 11.6 Å². The molecule has 5 nitrogen and oxygen atoms in total. The van der Waals surface area contributed by atoms with E-state index in [1.807, 2.05) is 17.0 Å². The van der Waals surface area contributed by atoms with Gasteiger partial charge >= 0.3 is 0 Å². The van der Waals surface area contributed by atoms with E-state index >= 15 is 0 Å². The van der Waals surface area contributed by atoms with Crippen molar-refractivity contribution in [1.82, 2.24) is 14.9 Å². The number of aromatic nitrogens is 2. The van der Waals surface area contributed by atoms with Gasteiger partial charge in [-0.1, -0.05) is 23.7 Å². The van der Waals surface area contributed by atoms with Crippen LogP contribution in [0.4, 0.5) is 5.82 Å². The molecule has 0 atom stereocenters. The molecule has 1 aromatic heterocycles. The molecule has 0 radical (unpaired) electrons. The number of likely N-dealkylation sites (tertiary alicyclic amines) is 1. The summed E-state index contributed by atoms with van der Waals surface area (Å²) in [7, 11) is 0. The lowest BCUT2D eigenvalue weighted by Crippen LogP contribution is -2.73. The highest BCUT2D eigenvalue weighted by Crippen LogP contribution is 2.44. The highest BCUT2D eigenvalue weighted by molar-refractivity contribution is 6.32. The third kappa shape index (κ3) is 2.58. The maximum Gasteiger partial charge on any atom is 0.253 e. The Bertz CT molecular complexity index is 837. The molecule has 3 aliphatic rings. The molecule has 25 heavy (non-hydrogen) atoms. The fourth-order valence-corrected chi connectivity index (χ4v) is 4.31. The molecule has 2 saturated heterocycles. The normalized spacial score (nSPS) is 21.0. The first kappa shape index (κ1) is 15.1. The van der Waals surface area contributed by atoms with Crippen molar-refractivity contribution in [2.75, 3.05) is 31.1 Å². The summed E-state index contributed by atoms with van der Waals surface area (Å²) in [5, 5.41) is 0.585. The Morgan fingerprint density at radius 1 is 1.20 bits per heavy atom. The molecule has 3 heterocycles. The second-order valence-corrected chi connectivity index (χ2v) is 8.02. The molecule has 128 valence electrons. The maximum absolute atomic E-state index is 12.7. The lowest BCUT2D eigenvalue weighted by molar-refractivity contribution is -0.0107. The first-order chi connectivity index (χ1) is 12.1. The fraction of sp³-hybridized carbons (Fsp3) is 0.421. The topological polar surface area (TPSA) is 49.3 Å². The molecule has 1 aromatic carbocycles. The van der Waals surface area contributed by atoms with Crippen LogP contribution in [0.2, 0.25) is 5.02 Å². The average molecular weight is 355 g/mol. The van der Waals surface area contributed by atoms with Crippen LogP contribution in [0.5, 0.6) is 0 Å². The highest BCUT2D eigenvalue weighted by atomic mass is 35.5. The first-order valence-electron chi connectivity index (χ1n) is 8.73. The van der Waals surface area contributed by atoms with E-state index < -0.39 is 0 Å². The monoisotopic (exact) mass is 354 g/mol. The molecule has 3 fully saturated rings. The molecular weight excluding hydrogens is 336 g/mol. The Morgan fingerprint density at radius 2 is 2.00 bits per heavy atom. The highest BCUT2D eigenvalue weighted by Gasteiger charge is 2.53. The minimum absolute atomic E-state index is 0.159. The van der Waals surface area contributed by atoms with Gasteiger partial charge in [-0.2, -0.15) is 0 Å². The summed E-state index contributed by atoms with van der Waals surface area (Å²) in [5.74, 6) is 1.63. The van der Waals surface area contributed by atoms with Gasteiger partial charge in [0, 0.05) is 37.2 Å². The van der Waals surface area contributed by atoms with Crippen molar-refractivity contribution in [2.45, 2.75) is 18.8 Å². The van der Waals surface area contributed by atoms with Gasteiger partial charge in [-0.25, -0.2) is 9.97 Å². The zero-order valence-corrected chi connectivity index (χ0v) is 14.6. The minimum atomic E-state index is 0.159. The SMILES string of the molecule is O=C(c1cccc(C2CC2)c1)N1CC2(C1)CN(c1ncncc1Cl)C2. The quantitative estimate of drug-likeness (QED) is 0.850. The summed E-state index contributed by atoms with van der Waals surface area (Å²) >= 11 is 6.16. The molecular formula is C19H19ClN4O. The van der Waals surface area contributed by atoms with Crippen molar-refractivity contribution in [3.63, 3.8) is 0 Å². The van der Waals surface area contributed by atoms with Crippen LogP contribution in [-0.2, 0) is 0 Å². The van der Waals surface area contributed by atoms with Crippen LogP contribution in [0.3, 0.4) is 0 Å². The van der Waals surface area contributed by atoms with Crippen molar-refractivity contribution in [3.05, 3.63) is 52.9 Å². The van der Waals surface area contributed by atoms with Gasteiger partial charge in [0.1, 0.15) is 11.3 Å². The summed E-state index contributed by atoms with van der Waals surface area (Å²) in [6.07, 6.45) is 5.66. The second kappa shape index (κ2) is 5.43. The van der Waals surface area contributed by atoms with E-state index in [1.165, 1.54) is 24.7 Å². The number of nitrogens with zero attached hydrogens (tertiary/aromatic N) is 4. The van der Waals surface area contributed by atoms with Gasteiger partial charge < -0.3 is 9.80 Å². The van der Waals surface area contributed by atoms with Crippen LogP contribution in [0, 0.1) is 5.41 Å². The molecule has 0 N–H and O–H groups in total. The third-order valence-electron chi connectivity index (χ3n) is 5.52. The molecule has 1 aliphatic carbocycles. The predicted octanol–water partition coefficient (Wildman–Crippen LogP) is 2.97. The van der Waals surface area contributed by atoms with Crippen molar-refractivity contribution in [3.8, 4) is 0 Å². The number of amides is 1. The zero-order chi connectivity index (χ0) is 17.0. The molecule has 1 amide bonds. The van der Waals surface area contributed by atoms with Gasteiger partial charge in [-0.15, -0.1) is 0 Å². The van der Waals surface area contributed by atoms with E-state index in [-0.39, 0.29) is 11.3 Å². The Kier molecular flexibility index (Phi) is 3.29. The van der Waals surface area contributed by atoms with Crippen LogP contribution in [0.25, 0.3) is 0 Å². The van der Waals surface area contributed by atoms with E-state index in [0.29, 0.717) is 10.9 Å². The van der Waals surface area contributed by atoms with E-state index in [2.05, 4.69) is 27.0 Å². The number of halogens is 1. The molecule has 1 saturated carbocycles. The van der Waals surface area contributed by atoms with Gasteiger partial charge in [-0.3, -0.25) is 4.79 Å². The van der Waals surface area contributed by atoms with Gasteiger partial charge in [0.05, 0.1) is 6.20 Å². The summed E-state index contributed by atoms with van der Waals surface area (Å²) in [6, 6.07) is 8.17. The third-order valence-corrected chi connectivity index (χ3v) is 5.79. The van der Waals surface area contributed by atoms with E-state index in [0.717, 1.165) is 37.6 Å². The number of rotatable bonds is 3. The molecule has 5 rings (SSSR count). The lowest BCUT2D eigenvalue weighted by atomic mass is 9.72. The Morgan fingerprint density at radius 3 is 2.72 bits per heavy atom. The van der Waals surface area contributed by atoms with Crippen molar-refractivity contribution < 1.29 is 4.79 Å². The van der Waals surface area contributed by atoms with Crippen LogP contribution < -0.4 is 4.90 Å². The minimum Gasteiger partial charge on any atom is -0.354 e. The standard InChI is InChI=1S/C19H19ClN4O/c20-16-7-21-12-22-17(16)23-8-19(9-23)10-24(11-19)18(25)15-3-1-2-14(6-15)13-4-5-13/h1-3,6-7,12-13H,4-5,8-11H2.